The van der Waals surface area contributed by atoms with E-state index in [4.69, 9.17) is 16.0 Å². The van der Waals surface area contributed by atoms with Crippen LogP contribution in [0.15, 0.2) is 45.6 Å². The summed E-state index contributed by atoms with van der Waals surface area (Å²) in [6.45, 7) is 6.24. The summed E-state index contributed by atoms with van der Waals surface area (Å²) in [6.07, 6.45) is 2.14. The molecule has 0 bridgehead atoms. The summed E-state index contributed by atoms with van der Waals surface area (Å²) in [4.78, 5) is 12.6. The van der Waals surface area contributed by atoms with Crippen LogP contribution in [-0.2, 0) is 0 Å². The lowest BCUT2D eigenvalue weighted by atomic mass is 9.88. The number of rotatable bonds is 0. The molecule has 1 N–H and O–H groups in total. The Kier molecular flexibility index (Phi) is 2.88. The third kappa shape index (κ3) is 2.15. The first-order valence-corrected chi connectivity index (χ1v) is 7.91. The molecule has 23 heavy (non-hydrogen) atoms. The van der Waals surface area contributed by atoms with E-state index in [-0.39, 0.29) is 11.2 Å². The zero-order valence-electron chi connectivity index (χ0n) is 13.2. The first-order valence-electron chi connectivity index (χ1n) is 7.53. The Bertz CT molecular complexity index is 1060. The van der Waals surface area contributed by atoms with E-state index in [0.29, 0.717) is 16.0 Å². The van der Waals surface area contributed by atoms with Crippen molar-refractivity contribution in [3.8, 4) is 0 Å². The van der Waals surface area contributed by atoms with Crippen molar-refractivity contribution in [3.63, 3.8) is 0 Å². The Labute approximate surface area is 138 Å². The van der Waals surface area contributed by atoms with Crippen molar-refractivity contribution in [2.45, 2.75) is 26.3 Å². The summed E-state index contributed by atoms with van der Waals surface area (Å²) in [5, 5.41) is 6.41. The molecule has 4 rings (SSSR count). The number of halogens is 1. The molecule has 0 spiro atoms. The van der Waals surface area contributed by atoms with Crippen molar-refractivity contribution in [1.82, 2.24) is 0 Å². The van der Waals surface area contributed by atoms with Crippen molar-refractivity contribution < 1.29 is 4.42 Å². The first-order chi connectivity index (χ1) is 10.9. The minimum atomic E-state index is -0.319. The van der Waals surface area contributed by atoms with Gasteiger partial charge >= 0.3 is 5.63 Å². The zero-order valence-corrected chi connectivity index (χ0v) is 13.9. The Morgan fingerprint density at radius 3 is 2.70 bits per heavy atom. The molecule has 2 heterocycles. The molecule has 0 saturated carbocycles. The highest BCUT2D eigenvalue weighted by molar-refractivity contribution is 6.31. The van der Waals surface area contributed by atoms with Gasteiger partial charge in [0.05, 0.1) is 10.9 Å². The highest BCUT2D eigenvalue weighted by Crippen LogP contribution is 2.39. The Morgan fingerprint density at radius 2 is 1.91 bits per heavy atom. The zero-order chi connectivity index (χ0) is 16.4. The number of hydrogen-bond acceptors (Lipinski definition) is 3. The van der Waals surface area contributed by atoms with Crippen molar-refractivity contribution in [3.05, 3.63) is 57.4 Å². The molecule has 1 aromatic heterocycles. The molecule has 1 aliphatic rings. The maximum atomic E-state index is 12.6. The van der Waals surface area contributed by atoms with E-state index in [9.17, 15) is 4.79 Å². The number of allylic oxidation sites excluding steroid dienone is 1. The summed E-state index contributed by atoms with van der Waals surface area (Å²) < 4.78 is 5.53. The average molecular weight is 326 g/mol. The molecule has 0 amide bonds. The van der Waals surface area contributed by atoms with Gasteiger partial charge in [-0.05, 0) is 50.6 Å². The standard InChI is InChI=1S/C19H16ClNO2/c1-10-9-19(2,3)21-14-6-5-12-13-8-11(20)4-7-15(13)23-18(22)17(12)16(10)14/h4-9,21H,1-3H3. The molecule has 2 aromatic carbocycles. The molecule has 0 radical (unpaired) electrons. The topological polar surface area (TPSA) is 42.2 Å². The summed E-state index contributed by atoms with van der Waals surface area (Å²) in [5.41, 5.74) is 3.03. The number of hydrogen-bond donors (Lipinski definition) is 1. The molecular weight excluding hydrogens is 310 g/mol. The Morgan fingerprint density at radius 1 is 1.13 bits per heavy atom. The smallest absolute Gasteiger partial charge is 0.344 e. The van der Waals surface area contributed by atoms with Crippen LogP contribution in [0.3, 0.4) is 0 Å². The molecule has 0 fully saturated rings. The molecule has 0 aliphatic carbocycles. The number of benzene rings is 2. The highest BCUT2D eigenvalue weighted by Gasteiger charge is 2.25. The molecule has 3 nitrogen and oxygen atoms in total. The van der Waals surface area contributed by atoms with Crippen molar-refractivity contribution in [1.29, 1.82) is 0 Å². The van der Waals surface area contributed by atoms with E-state index in [2.05, 4.69) is 25.2 Å². The van der Waals surface area contributed by atoms with Gasteiger partial charge in [-0.25, -0.2) is 4.79 Å². The van der Waals surface area contributed by atoms with Gasteiger partial charge in [-0.2, -0.15) is 0 Å². The fraction of sp³-hybridized carbons (Fsp3) is 0.211. The lowest BCUT2D eigenvalue weighted by Gasteiger charge is -2.31. The molecule has 0 atom stereocenters. The normalized spacial score (nSPS) is 16.1. The van der Waals surface area contributed by atoms with Gasteiger partial charge in [0.25, 0.3) is 0 Å². The lowest BCUT2D eigenvalue weighted by molar-refractivity contribution is 0.569. The van der Waals surface area contributed by atoms with E-state index in [1.54, 1.807) is 12.1 Å². The van der Waals surface area contributed by atoms with Gasteiger partial charge in [-0.1, -0.05) is 23.7 Å². The second-order valence-corrected chi connectivity index (χ2v) is 7.05. The quantitative estimate of drug-likeness (QED) is 0.456. The van der Waals surface area contributed by atoms with Crippen LogP contribution in [0.2, 0.25) is 5.02 Å². The summed E-state index contributed by atoms with van der Waals surface area (Å²) in [5.74, 6) is 0. The SMILES string of the molecule is CC1=CC(C)(C)Nc2ccc3c(c21)c(=O)oc1ccc(Cl)cc13. The number of anilines is 1. The number of fused-ring (bicyclic) bond motifs is 5. The molecule has 4 heteroatoms. The van der Waals surface area contributed by atoms with Crippen LogP contribution in [0.5, 0.6) is 0 Å². The van der Waals surface area contributed by atoms with Gasteiger partial charge in [0.15, 0.2) is 0 Å². The maximum absolute atomic E-state index is 12.6. The van der Waals surface area contributed by atoms with E-state index in [1.807, 2.05) is 25.1 Å². The van der Waals surface area contributed by atoms with Crippen LogP contribution >= 0.6 is 11.6 Å². The van der Waals surface area contributed by atoms with E-state index in [0.717, 1.165) is 27.6 Å². The Balaban J connectivity index is 2.20. The monoisotopic (exact) mass is 325 g/mol. The number of nitrogens with one attached hydrogen (secondary N) is 1. The van der Waals surface area contributed by atoms with Gasteiger partial charge in [0, 0.05) is 27.0 Å². The molecular formula is C19H16ClNO2. The van der Waals surface area contributed by atoms with E-state index >= 15 is 0 Å². The van der Waals surface area contributed by atoms with Crippen molar-refractivity contribution in [2.75, 3.05) is 5.32 Å². The van der Waals surface area contributed by atoms with Crippen molar-refractivity contribution >= 4 is 44.6 Å². The summed E-state index contributed by atoms with van der Waals surface area (Å²) >= 11 is 6.12. The van der Waals surface area contributed by atoms with E-state index < -0.39 is 0 Å². The lowest BCUT2D eigenvalue weighted by Crippen LogP contribution is -2.31. The van der Waals surface area contributed by atoms with Gasteiger partial charge in [-0.3, -0.25) is 0 Å². The van der Waals surface area contributed by atoms with Crippen LogP contribution in [0, 0.1) is 0 Å². The van der Waals surface area contributed by atoms with Gasteiger partial charge < -0.3 is 9.73 Å². The minimum absolute atomic E-state index is 0.148. The van der Waals surface area contributed by atoms with Crippen LogP contribution in [0.25, 0.3) is 27.3 Å². The summed E-state index contributed by atoms with van der Waals surface area (Å²) in [6, 6.07) is 9.29. The third-order valence-corrected chi connectivity index (χ3v) is 4.51. The molecule has 0 unspecified atom stereocenters. The summed E-state index contributed by atoms with van der Waals surface area (Å²) in [7, 11) is 0. The van der Waals surface area contributed by atoms with Crippen molar-refractivity contribution in [2.24, 2.45) is 0 Å². The average Bonchev–Trinajstić information content (AvgIpc) is 2.46. The van der Waals surface area contributed by atoms with Crippen LogP contribution < -0.4 is 10.9 Å². The largest absolute Gasteiger partial charge is 0.422 e. The fourth-order valence-corrected chi connectivity index (χ4v) is 3.67. The van der Waals surface area contributed by atoms with Crippen LogP contribution in [-0.4, -0.2) is 5.54 Å². The fourth-order valence-electron chi connectivity index (χ4n) is 3.50. The van der Waals surface area contributed by atoms with Crippen LogP contribution in [0.1, 0.15) is 26.3 Å². The molecule has 1 aliphatic heterocycles. The molecule has 116 valence electrons. The molecule has 3 aromatic rings. The van der Waals surface area contributed by atoms with Gasteiger partial charge in [0.1, 0.15) is 5.58 Å². The van der Waals surface area contributed by atoms with Gasteiger partial charge in [-0.15, -0.1) is 0 Å². The minimum Gasteiger partial charge on any atom is -0.422 e. The van der Waals surface area contributed by atoms with Crippen LogP contribution in [0.4, 0.5) is 5.69 Å². The maximum Gasteiger partial charge on any atom is 0.344 e. The second-order valence-electron chi connectivity index (χ2n) is 6.61. The molecule has 0 saturated heterocycles. The predicted molar refractivity (Wildman–Crippen MR) is 96.4 cm³/mol. The van der Waals surface area contributed by atoms with E-state index in [1.165, 1.54) is 0 Å². The second kappa shape index (κ2) is 4.62. The first kappa shape index (κ1) is 14.3. The predicted octanol–water partition coefficient (Wildman–Crippen LogP) is 5.21. The third-order valence-electron chi connectivity index (χ3n) is 4.27. The Hall–Kier alpha value is -2.26. The van der Waals surface area contributed by atoms with Gasteiger partial charge in [0.2, 0.25) is 0 Å². The highest BCUT2D eigenvalue weighted by atomic mass is 35.5.